The highest BCUT2D eigenvalue weighted by Gasteiger charge is 2.25. The van der Waals surface area contributed by atoms with Crippen molar-refractivity contribution in [2.45, 2.75) is 52.0 Å². The lowest BCUT2D eigenvalue weighted by Gasteiger charge is -2.36. The van der Waals surface area contributed by atoms with Gasteiger partial charge in [-0.3, -0.25) is 0 Å². The normalized spacial score (nSPS) is 19.2. The maximum absolute atomic E-state index is 14.1. The second-order valence-electron chi connectivity index (χ2n) is 5.30. The Bertz CT molecular complexity index is 451. The van der Waals surface area contributed by atoms with E-state index in [-0.39, 0.29) is 11.6 Å². The quantitative estimate of drug-likeness (QED) is 0.887. The van der Waals surface area contributed by atoms with Gasteiger partial charge < -0.3 is 10.2 Å². The van der Waals surface area contributed by atoms with Gasteiger partial charge >= 0.3 is 0 Å². The zero-order chi connectivity index (χ0) is 14.5. The van der Waals surface area contributed by atoms with Crippen LogP contribution in [0.4, 0.5) is 20.4 Å². The number of piperidine rings is 1. The Balaban J connectivity index is 2.29. The summed E-state index contributed by atoms with van der Waals surface area (Å²) in [6.45, 7) is 5.52. The fraction of sp³-hybridized carbons (Fsp3) is 0.667. The molecule has 1 aromatic rings. The van der Waals surface area contributed by atoms with Gasteiger partial charge in [0.05, 0.1) is 0 Å². The average molecular weight is 283 g/mol. The number of nitrogens with one attached hydrogen (secondary N) is 1. The van der Waals surface area contributed by atoms with Crippen LogP contribution in [0.5, 0.6) is 0 Å². The molecule has 0 aliphatic carbocycles. The number of pyridine rings is 1. The van der Waals surface area contributed by atoms with Crippen molar-refractivity contribution in [3.63, 3.8) is 0 Å². The fourth-order valence-corrected chi connectivity index (χ4v) is 2.73. The topological polar surface area (TPSA) is 28.2 Å². The summed E-state index contributed by atoms with van der Waals surface area (Å²) in [4.78, 5) is 6.19. The summed E-state index contributed by atoms with van der Waals surface area (Å²) in [5.74, 6) is -0.741. The molecule has 3 nitrogen and oxygen atoms in total. The van der Waals surface area contributed by atoms with Crippen LogP contribution < -0.4 is 10.2 Å². The van der Waals surface area contributed by atoms with Gasteiger partial charge in [0.2, 0.25) is 0 Å². The van der Waals surface area contributed by atoms with Gasteiger partial charge in [0.15, 0.2) is 23.3 Å². The fourth-order valence-electron chi connectivity index (χ4n) is 2.73. The molecule has 0 amide bonds. The molecule has 1 N–H and O–H groups in total. The van der Waals surface area contributed by atoms with E-state index in [0.717, 1.165) is 38.3 Å². The van der Waals surface area contributed by atoms with Gasteiger partial charge in [-0.15, -0.1) is 0 Å². The zero-order valence-corrected chi connectivity index (χ0v) is 12.3. The Labute approximate surface area is 119 Å². The number of hydrogen-bond acceptors (Lipinski definition) is 3. The zero-order valence-electron chi connectivity index (χ0n) is 12.3. The average Bonchev–Trinajstić information content (AvgIpc) is 2.46. The van der Waals surface area contributed by atoms with Crippen LogP contribution in [-0.2, 0) is 0 Å². The minimum Gasteiger partial charge on any atom is -0.368 e. The molecular weight excluding hydrogens is 260 g/mol. The van der Waals surface area contributed by atoms with Crippen molar-refractivity contribution >= 4 is 11.6 Å². The van der Waals surface area contributed by atoms with Crippen molar-refractivity contribution < 1.29 is 8.78 Å². The largest absolute Gasteiger partial charge is 0.368 e. The van der Waals surface area contributed by atoms with Gasteiger partial charge in [0.1, 0.15) is 0 Å². The Hall–Kier alpha value is -1.39. The van der Waals surface area contributed by atoms with E-state index in [0.29, 0.717) is 12.6 Å². The molecular formula is C15H23F2N3. The van der Waals surface area contributed by atoms with E-state index >= 15 is 0 Å². The minimum absolute atomic E-state index is 0.156. The van der Waals surface area contributed by atoms with Crippen molar-refractivity contribution in [3.05, 3.63) is 17.7 Å². The summed E-state index contributed by atoms with van der Waals surface area (Å²) in [6.07, 6.45) is 5.07. The maximum Gasteiger partial charge on any atom is 0.168 e. The molecule has 1 aromatic heterocycles. The Kier molecular flexibility index (Phi) is 5.15. The third-order valence-corrected chi connectivity index (χ3v) is 3.82. The van der Waals surface area contributed by atoms with Crippen molar-refractivity contribution in [1.82, 2.24) is 4.98 Å². The summed E-state index contributed by atoms with van der Waals surface area (Å²) in [6, 6.07) is 1.25. The Morgan fingerprint density at radius 3 is 2.80 bits per heavy atom. The lowest BCUT2D eigenvalue weighted by atomic mass is 10.00. The van der Waals surface area contributed by atoms with Gasteiger partial charge in [-0.2, -0.15) is 0 Å². The number of anilines is 2. The third-order valence-electron chi connectivity index (χ3n) is 3.82. The highest BCUT2D eigenvalue weighted by atomic mass is 19.1. The second-order valence-corrected chi connectivity index (χ2v) is 5.30. The summed E-state index contributed by atoms with van der Waals surface area (Å²) in [5.41, 5.74) is 0. The van der Waals surface area contributed by atoms with Crippen LogP contribution in [0.1, 0.15) is 46.0 Å². The molecule has 0 bridgehead atoms. The first kappa shape index (κ1) is 15.0. The van der Waals surface area contributed by atoms with E-state index in [1.807, 2.05) is 11.8 Å². The molecule has 2 heterocycles. The van der Waals surface area contributed by atoms with Gasteiger partial charge in [0, 0.05) is 25.2 Å². The molecule has 1 aliphatic rings. The van der Waals surface area contributed by atoms with Crippen LogP contribution in [0.25, 0.3) is 0 Å². The smallest absolute Gasteiger partial charge is 0.168 e. The van der Waals surface area contributed by atoms with Crippen molar-refractivity contribution in [2.75, 3.05) is 23.3 Å². The summed E-state index contributed by atoms with van der Waals surface area (Å²) < 4.78 is 27.8. The number of hydrogen-bond donors (Lipinski definition) is 1. The third kappa shape index (κ3) is 3.19. The molecule has 1 atom stereocenters. The van der Waals surface area contributed by atoms with Crippen LogP contribution in [0, 0.1) is 11.6 Å². The molecule has 0 radical (unpaired) electrons. The van der Waals surface area contributed by atoms with Gasteiger partial charge in [-0.05, 0) is 32.1 Å². The van der Waals surface area contributed by atoms with Gasteiger partial charge in [-0.1, -0.05) is 13.8 Å². The molecule has 112 valence electrons. The van der Waals surface area contributed by atoms with Crippen LogP contribution in [0.3, 0.4) is 0 Å². The highest BCUT2D eigenvalue weighted by Crippen LogP contribution is 2.29. The molecule has 2 rings (SSSR count). The van der Waals surface area contributed by atoms with E-state index in [9.17, 15) is 8.78 Å². The first-order chi connectivity index (χ1) is 9.67. The molecule has 20 heavy (non-hydrogen) atoms. The van der Waals surface area contributed by atoms with Crippen molar-refractivity contribution in [3.8, 4) is 0 Å². The predicted molar refractivity (Wildman–Crippen MR) is 78.2 cm³/mol. The maximum atomic E-state index is 14.1. The summed E-state index contributed by atoms with van der Waals surface area (Å²) in [5, 5.41) is 2.92. The van der Waals surface area contributed by atoms with Crippen LogP contribution >= 0.6 is 0 Å². The lowest BCUT2D eigenvalue weighted by molar-refractivity contribution is 0.438. The summed E-state index contributed by atoms with van der Waals surface area (Å²) in [7, 11) is 0. The first-order valence-electron chi connectivity index (χ1n) is 7.53. The number of nitrogens with zero attached hydrogens (tertiary/aromatic N) is 2. The number of halogens is 2. The predicted octanol–water partition coefficient (Wildman–Crippen LogP) is 3.95. The molecule has 0 saturated carbocycles. The summed E-state index contributed by atoms with van der Waals surface area (Å²) >= 11 is 0. The molecule has 0 aromatic carbocycles. The molecule has 1 aliphatic heterocycles. The number of aromatic nitrogens is 1. The standard InChI is InChI=1S/C15H23F2N3/c1-3-8-18-14-12(16)10-13(17)15(19-14)20-9-6-5-7-11(20)4-2/h10-11H,3-9H2,1-2H3,(H,18,19). The van der Waals surface area contributed by atoms with Crippen LogP contribution in [0.2, 0.25) is 0 Å². The van der Waals surface area contributed by atoms with E-state index in [1.165, 1.54) is 6.42 Å². The Morgan fingerprint density at radius 1 is 1.30 bits per heavy atom. The van der Waals surface area contributed by atoms with Crippen molar-refractivity contribution in [1.29, 1.82) is 0 Å². The molecule has 0 spiro atoms. The minimum atomic E-state index is -0.621. The van der Waals surface area contributed by atoms with Gasteiger partial charge in [-0.25, -0.2) is 13.8 Å². The number of rotatable bonds is 5. The lowest BCUT2D eigenvalue weighted by Crippen LogP contribution is -2.40. The molecule has 1 fully saturated rings. The SMILES string of the molecule is CCCNc1nc(N2CCCCC2CC)c(F)cc1F. The van der Waals surface area contributed by atoms with Crippen LogP contribution in [0.15, 0.2) is 6.07 Å². The van der Waals surface area contributed by atoms with E-state index < -0.39 is 11.6 Å². The second kappa shape index (κ2) is 6.86. The van der Waals surface area contributed by atoms with Crippen molar-refractivity contribution in [2.24, 2.45) is 0 Å². The molecule has 1 saturated heterocycles. The van der Waals surface area contributed by atoms with Gasteiger partial charge in [0.25, 0.3) is 0 Å². The highest BCUT2D eigenvalue weighted by molar-refractivity contribution is 5.50. The molecule has 5 heteroatoms. The Morgan fingerprint density at radius 2 is 2.10 bits per heavy atom. The van der Waals surface area contributed by atoms with E-state index in [2.05, 4.69) is 17.2 Å². The van der Waals surface area contributed by atoms with Crippen LogP contribution in [-0.4, -0.2) is 24.1 Å². The molecule has 1 unspecified atom stereocenters. The van der Waals surface area contributed by atoms with E-state index in [4.69, 9.17) is 0 Å². The first-order valence-corrected chi connectivity index (χ1v) is 7.53. The van der Waals surface area contributed by atoms with E-state index in [1.54, 1.807) is 0 Å². The monoisotopic (exact) mass is 283 g/mol.